The number of carbonyl (C=O) groups is 1. The summed E-state index contributed by atoms with van der Waals surface area (Å²) in [5.41, 5.74) is -0.270. The van der Waals surface area contributed by atoms with Gasteiger partial charge in [0.25, 0.3) is 0 Å². The molecule has 1 aliphatic carbocycles. The predicted octanol–water partition coefficient (Wildman–Crippen LogP) is 1.62. The average Bonchev–Trinajstić information content (AvgIpc) is 2.45. The summed E-state index contributed by atoms with van der Waals surface area (Å²) >= 11 is 0. The standard InChI is InChI=1S/C8H8N2O/c11-7-1-3-8(4-2-7)5-6-9-10-8/h1,3,5-6H,2,4H2. The van der Waals surface area contributed by atoms with Crippen LogP contribution < -0.4 is 0 Å². The number of hydrogen-bond donors (Lipinski definition) is 0. The molecule has 3 heteroatoms. The van der Waals surface area contributed by atoms with Crippen molar-refractivity contribution in [3.8, 4) is 0 Å². The molecule has 11 heavy (non-hydrogen) atoms. The summed E-state index contributed by atoms with van der Waals surface area (Å²) in [6.07, 6.45) is 8.38. The second-order valence-electron chi connectivity index (χ2n) is 2.82. The van der Waals surface area contributed by atoms with Crippen molar-refractivity contribution in [3.63, 3.8) is 0 Å². The number of nitrogens with zero attached hydrogens (tertiary/aromatic N) is 2. The highest BCUT2D eigenvalue weighted by atomic mass is 16.1. The van der Waals surface area contributed by atoms with E-state index in [1.807, 2.05) is 12.2 Å². The molecule has 2 rings (SSSR count). The lowest BCUT2D eigenvalue weighted by molar-refractivity contribution is -0.115. The fourth-order valence-electron chi connectivity index (χ4n) is 1.29. The Bertz CT molecular complexity index is 264. The van der Waals surface area contributed by atoms with Crippen LogP contribution in [0.25, 0.3) is 0 Å². The molecular formula is C8H8N2O. The number of rotatable bonds is 0. The number of ketones is 1. The Labute approximate surface area is 64.5 Å². The van der Waals surface area contributed by atoms with Crippen LogP contribution in [0.4, 0.5) is 0 Å². The third-order valence-electron chi connectivity index (χ3n) is 2.00. The summed E-state index contributed by atoms with van der Waals surface area (Å²) in [5.74, 6) is 0.186. The molecule has 1 unspecified atom stereocenters. The molecule has 1 atom stereocenters. The van der Waals surface area contributed by atoms with Crippen LogP contribution >= 0.6 is 0 Å². The van der Waals surface area contributed by atoms with Gasteiger partial charge in [-0.15, -0.1) is 0 Å². The Balaban J connectivity index is 2.30. The van der Waals surface area contributed by atoms with E-state index in [-0.39, 0.29) is 11.3 Å². The largest absolute Gasteiger partial charge is 0.295 e. The Morgan fingerprint density at radius 2 is 2.36 bits per heavy atom. The Kier molecular flexibility index (Phi) is 1.24. The quantitative estimate of drug-likeness (QED) is 0.514. The molecule has 56 valence electrons. The average molecular weight is 148 g/mol. The zero-order valence-corrected chi connectivity index (χ0v) is 6.03. The first kappa shape index (κ1) is 6.46. The minimum atomic E-state index is -0.270. The smallest absolute Gasteiger partial charge is 0.155 e. The van der Waals surface area contributed by atoms with Gasteiger partial charge in [0.2, 0.25) is 0 Å². The van der Waals surface area contributed by atoms with Gasteiger partial charge in [-0.25, -0.2) is 0 Å². The monoisotopic (exact) mass is 148 g/mol. The predicted molar refractivity (Wildman–Crippen MR) is 40.1 cm³/mol. The maximum atomic E-state index is 10.8. The number of carbonyl (C=O) groups excluding carboxylic acids is 1. The molecular weight excluding hydrogens is 140 g/mol. The minimum Gasteiger partial charge on any atom is -0.295 e. The summed E-state index contributed by atoms with van der Waals surface area (Å²) < 4.78 is 0. The molecule has 3 nitrogen and oxygen atoms in total. The second-order valence-corrected chi connectivity index (χ2v) is 2.82. The van der Waals surface area contributed by atoms with Gasteiger partial charge in [-0.1, -0.05) is 0 Å². The first-order valence-electron chi connectivity index (χ1n) is 3.63. The van der Waals surface area contributed by atoms with Gasteiger partial charge in [0, 0.05) is 12.6 Å². The molecule has 0 bridgehead atoms. The molecule has 0 radical (unpaired) electrons. The van der Waals surface area contributed by atoms with Gasteiger partial charge in [0.15, 0.2) is 5.78 Å². The second kappa shape index (κ2) is 2.12. The van der Waals surface area contributed by atoms with Gasteiger partial charge in [0.1, 0.15) is 5.54 Å². The number of allylic oxidation sites excluding steroid dienone is 1. The number of azo groups is 1. The van der Waals surface area contributed by atoms with Crippen molar-refractivity contribution in [3.05, 3.63) is 24.4 Å². The molecule has 1 aliphatic heterocycles. The van der Waals surface area contributed by atoms with Gasteiger partial charge in [-0.2, -0.15) is 10.2 Å². The normalized spacial score (nSPS) is 34.0. The summed E-state index contributed by atoms with van der Waals surface area (Å²) in [6.45, 7) is 0. The SMILES string of the molecule is O=C1C=CC2(C=CN=N2)CC1. The highest BCUT2D eigenvalue weighted by Gasteiger charge is 2.29. The lowest BCUT2D eigenvalue weighted by atomic mass is 9.88. The Morgan fingerprint density at radius 3 is 2.91 bits per heavy atom. The van der Waals surface area contributed by atoms with Crippen LogP contribution in [-0.4, -0.2) is 11.3 Å². The van der Waals surface area contributed by atoms with Gasteiger partial charge in [0.05, 0.1) is 0 Å². The molecule has 0 saturated heterocycles. The van der Waals surface area contributed by atoms with E-state index < -0.39 is 0 Å². The van der Waals surface area contributed by atoms with E-state index in [1.54, 1.807) is 12.3 Å². The van der Waals surface area contributed by atoms with Crippen molar-refractivity contribution in [2.75, 3.05) is 0 Å². The van der Waals surface area contributed by atoms with Crippen LogP contribution in [0, 0.1) is 0 Å². The topological polar surface area (TPSA) is 41.8 Å². The third-order valence-corrected chi connectivity index (χ3v) is 2.00. The summed E-state index contributed by atoms with van der Waals surface area (Å²) in [7, 11) is 0. The highest BCUT2D eigenvalue weighted by Crippen LogP contribution is 2.29. The van der Waals surface area contributed by atoms with Crippen LogP contribution in [0.3, 0.4) is 0 Å². The Morgan fingerprint density at radius 1 is 1.45 bits per heavy atom. The van der Waals surface area contributed by atoms with Gasteiger partial charge >= 0.3 is 0 Å². The summed E-state index contributed by atoms with van der Waals surface area (Å²) in [5, 5.41) is 7.80. The van der Waals surface area contributed by atoms with Crippen molar-refractivity contribution in [1.82, 2.24) is 0 Å². The highest BCUT2D eigenvalue weighted by molar-refractivity contribution is 5.91. The first-order chi connectivity index (χ1) is 5.31. The van der Waals surface area contributed by atoms with Crippen molar-refractivity contribution in [1.29, 1.82) is 0 Å². The summed E-state index contributed by atoms with van der Waals surface area (Å²) in [4.78, 5) is 10.8. The lowest BCUT2D eigenvalue weighted by Gasteiger charge is -2.20. The zero-order chi connectivity index (χ0) is 7.73. The molecule has 0 amide bonds. The van der Waals surface area contributed by atoms with Gasteiger partial charge in [-0.05, 0) is 24.6 Å². The zero-order valence-electron chi connectivity index (χ0n) is 6.03. The fourth-order valence-corrected chi connectivity index (χ4v) is 1.29. The molecule has 0 fully saturated rings. The van der Waals surface area contributed by atoms with Crippen LogP contribution in [0.1, 0.15) is 12.8 Å². The van der Waals surface area contributed by atoms with Gasteiger partial charge in [-0.3, -0.25) is 4.79 Å². The van der Waals surface area contributed by atoms with Gasteiger partial charge < -0.3 is 0 Å². The third kappa shape index (κ3) is 1.02. The first-order valence-corrected chi connectivity index (χ1v) is 3.63. The maximum absolute atomic E-state index is 10.8. The van der Waals surface area contributed by atoms with Crippen LogP contribution in [0.5, 0.6) is 0 Å². The van der Waals surface area contributed by atoms with Crippen molar-refractivity contribution < 1.29 is 4.79 Å². The molecule has 0 N–H and O–H groups in total. The van der Waals surface area contributed by atoms with E-state index in [1.165, 1.54) is 0 Å². The van der Waals surface area contributed by atoms with Crippen molar-refractivity contribution in [2.24, 2.45) is 10.2 Å². The maximum Gasteiger partial charge on any atom is 0.155 e. The van der Waals surface area contributed by atoms with Crippen LogP contribution in [0.2, 0.25) is 0 Å². The van der Waals surface area contributed by atoms with Crippen LogP contribution in [-0.2, 0) is 4.79 Å². The van der Waals surface area contributed by atoms with Crippen LogP contribution in [0.15, 0.2) is 34.7 Å². The van der Waals surface area contributed by atoms with E-state index in [9.17, 15) is 4.79 Å². The molecule has 0 saturated carbocycles. The number of hydrogen-bond acceptors (Lipinski definition) is 3. The van der Waals surface area contributed by atoms with Crippen molar-refractivity contribution >= 4 is 5.78 Å². The Hall–Kier alpha value is -1.25. The summed E-state index contributed by atoms with van der Waals surface area (Å²) in [6, 6.07) is 0. The minimum absolute atomic E-state index is 0.186. The van der Waals surface area contributed by atoms with E-state index in [2.05, 4.69) is 10.2 Å². The molecule has 0 aromatic heterocycles. The fraction of sp³-hybridized carbons (Fsp3) is 0.375. The molecule has 2 aliphatic rings. The molecule has 1 spiro atoms. The lowest BCUT2D eigenvalue weighted by Crippen LogP contribution is -2.23. The molecule has 0 aromatic rings. The molecule has 1 heterocycles. The van der Waals surface area contributed by atoms with Crippen molar-refractivity contribution in [2.45, 2.75) is 18.4 Å². The van der Waals surface area contributed by atoms with E-state index in [4.69, 9.17) is 0 Å². The van der Waals surface area contributed by atoms with E-state index in [0.717, 1.165) is 6.42 Å². The van der Waals surface area contributed by atoms with E-state index in [0.29, 0.717) is 6.42 Å². The molecule has 0 aromatic carbocycles. The van der Waals surface area contributed by atoms with E-state index >= 15 is 0 Å².